The highest BCUT2D eigenvalue weighted by molar-refractivity contribution is 6.04. The molecule has 1 saturated heterocycles. The third-order valence-corrected chi connectivity index (χ3v) is 5.72. The minimum absolute atomic E-state index is 0.0464. The van der Waals surface area contributed by atoms with Crippen molar-refractivity contribution in [3.63, 3.8) is 0 Å². The zero-order valence-electron chi connectivity index (χ0n) is 16.5. The maximum atomic E-state index is 13.3. The standard InChI is InChI=1S/C23H24N4O2/c1-2-25-22(28)17-13-19(16-7-4-3-5-8-16)18-10-12-27(21(18)14-17)23(29)20-9-6-11-26(20)15-24/h3-5,7-8,13-14,20H,2,6,9-12H2,1H3,(H,25,28)/t20-/m0/s1. The van der Waals surface area contributed by atoms with E-state index >= 15 is 0 Å². The summed E-state index contributed by atoms with van der Waals surface area (Å²) in [6.45, 7) is 3.62. The third-order valence-electron chi connectivity index (χ3n) is 5.72. The molecule has 2 aliphatic heterocycles. The predicted octanol–water partition coefficient (Wildman–Crippen LogP) is 2.94. The summed E-state index contributed by atoms with van der Waals surface area (Å²) in [5.74, 6) is -0.193. The van der Waals surface area contributed by atoms with Crippen molar-refractivity contribution in [1.29, 1.82) is 5.26 Å². The number of nitrogens with one attached hydrogen (secondary N) is 1. The fraction of sp³-hybridized carbons (Fsp3) is 0.348. The fourth-order valence-corrected chi connectivity index (χ4v) is 4.33. The van der Waals surface area contributed by atoms with Crippen LogP contribution in [0.3, 0.4) is 0 Å². The van der Waals surface area contributed by atoms with E-state index in [-0.39, 0.29) is 11.8 Å². The second kappa shape index (κ2) is 7.96. The Hall–Kier alpha value is -3.33. The number of nitriles is 1. The average Bonchev–Trinajstić information content (AvgIpc) is 3.40. The summed E-state index contributed by atoms with van der Waals surface area (Å²) in [6, 6.07) is 13.3. The van der Waals surface area contributed by atoms with Gasteiger partial charge in [0.25, 0.3) is 5.91 Å². The number of carbonyl (C=O) groups is 2. The van der Waals surface area contributed by atoms with Gasteiger partial charge in [0.1, 0.15) is 6.04 Å². The first kappa shape index (κ1) is 19.0. The Balaban J connectivity index is 1.78. The van der Waals surface area contributed by atoms with Gasteiger partial charge in [-0.2, -0.15) is 5.26 Å². The van der Waals surface area contributed by atoms with Crippen LogP contribution in [-0.2, 0) is 11.2 Å². The first-order valence-corrected chi connectivity index (χ1v) is 10.1. The lowest BCUT2D eigenvalue weighted by atomic mass is 9.95. The van der Waals surface area contributed by atoms with Crippen molar-refractivity contribution in [2.75, 3.05) is 24.5 Å². The molecule has 0 unspecified atom stereocenters. The summed E-state index contributed by atoms with van der Waals surface area (Å²) in [7, 11) is 0. The molecule has 1 fully saturated rings. The van der Waals surface area contributed by atoms with Gasteiger partial charge in [-0.15, -0.1) is 0 Å². The van der Waals surface area contributed by atoms with Crippen molar-refractivity contribution >= 4 is 17.5 Å². The van der Waals surface area contributed by atoms with Crippen LogP contribution in [0.25, 0.3) is 11.1 Å². The van der Waals surface area contributed by atoms with Gasteiger partial charge in [0.15, 0.2) is 6.19 Å². The highest BCUT2D eigenvalue weighted by atomic mass is 16.2. The van der Waals surface area contributed by atoms with Crippen LogP contribution >= 0.6 is 0 Å². The number of fused-ring (bicyclic) bond motifs is 1. The van der Waals surface area contributed by atoms with E-state index in [1.54, 1.807) is 9.80 Å². The normalized spacial score (nSPS) is 17.7. The Bertz CT molecular complexity index is 980. The van der Waals surface area contributed by atoms with Crippen LogP contribution < -0.4 is 10.2 Å². The molecule has 0 spiro atoms. The molecule has 2 heterocycles. The molecular weight excluding hydrogens is 364 g/mol. The topological polar surface area (TPSA) is 76.4 Å². The van der Waals surface area contributed by atoms with E-state index in [9.17, 15) is 14.9 Å². The number of likely N-dealkylation sites (tertiary alicyclic amines) is 1. The van der Waals surface area contributed by atoms with Crippen LogP contribution in [-0.4, -0.2) is 42.4 Å². The zero-order valence-corrected chi connectivity index (χ0v) is 16.5. The van der Waals surface area contributed by atoms with Gasteiger partial charge in [0, 0.05) is 30.9 Å². The average molecular weight is 388 g/mol. The fourth-order valence-electron chi connectivity index (χ4n) is 4.33. The van der Waals surface area contributed by atoms with E-state index in [0.717, 1.165) is 35.2 Å². The molecule has 0 radical (unpaired) electrons. The largest absolute Gasteiger partial charge is 0.352 e. The molecule has 1 N–H and O–H groups in total. The van der Waals surface area contributed by atoms with Crippen molar-refractivity contribution < 1.29 is 9.59 Å². The maximum absolute atomic E-state index is 13.3. The highest BCUT2D eigenvalue weighted by Gasteiger charge is 2.37. The van der Waals surface area contributed by atoms with Crippen molar-refractivity contribution in [1.82, 2.24) is 10.2 Å². The van der Waals surface area contributed by atoms with Crippen molar-refractivity contribution in [2.24, 2.45) is 0 Å². The SMILES string of the molecule is CCNC(=O)c1cc(-c2ccccc2)c2c(c1)N(C(=O)[C@@H]1CCCN1C#N)CC2. The zero-order chi connectivity index (χ0) is 20.4. The Morgan fingerprint density at radius 3 is 2.72 bits per heavy atom. The van der Waals surface area contributed by atoms with E-state index < -0.39 is 6.04 Å². The summed E-state index contributed by atoms with van der Waals surface area (Å²) < 4.78 is 0. The number of amides is 2. The molecule has 2 aliphatic rings. The van der Waals surface area contributed by atoms with E-state index in [2.05, 4.69) is 11.5 Å². The second-order valence-corrected chi connectivity index (χ2v) is 7.44. The molecule has 0 bridgehead atoms. The Morgan fingerprint density at radius 1 is 1.21 bits per heavy atom. The van der Waals surface area contributed by atoms with Crippen LogP contribution in [0.2, 0.25) is 0 Å². The molecule has 0 aromatic heterocycles. The molecule has 6 nitrogen and oxygen atoms in total. The minimum atomic E-state index is -0.403. The second-order valence-electron chi connectivity index (χ2n) is 7.44. The summed E-state index contributed by atoms with van der Waals surface area (Å²) in [4.78, 5) is 29.2. The first-order chi connectivity index (χ1) is 14.1. The number of nitrogens with zero attached hydrogens (tertiary/aromatic N) is 3. The van der Waals surface area contributed by atoms with Crippen LogP contribution in [0, 0.1) is 11.5 Å². The number of carbonyl (C=O) groups excluding carboxylic acids is 2. The predicted molar refractivity (Wildman–Crippen MR) is 111 cm³/mol. The van der Waals surface area contributed by atoms with Gasteiger partial charge in [0.2, 0.25) is 5.91 Å². The van der Waals surface area contributed by atoms with Gasteiger partial charge in [-0.25, -0.2) is 0 Å². The lowest BCUT2D eigenvalue weighted by molar-refractivity contribution is -0.121. The van der Waals surface area contributed by atoms with Crippen molar-refractivity contribution in [3.8, 4) is 17.3 Å². The van der Waals surface area contributed by atoms with Crippen LogP contribution in [0.15, 0.2) is 42.5 Å². The Labute approximate surface area is 170 Å². The summed E-state index contributed by atoms with van der Waals surface area (Å²) in [6.07, 6.45) is 4.42. The minimum Gasteiger partial charge on any atom is -0.352 e. The quantitative estimate of drug-likeness (QED) is 0.817. The summed E-state index contributed by atoms with van der Waals surface area (Å²) in [5, 5.41) is 12.2. The van der Waals surface area contributed by atoms with Gasteiger partial charge >= 0.3 is 0 Å². The molecule has 2 amide bonds. The smallest absolute Gasteiger partial charge is 0.251 e. The molecular formula is C23H24N4O2. The van der Waals surface area contributed by atoms with E-state index in [1.165, 1.54) is 0 Å². The molecule has 2 aromatic rings. The van der Waals surface area contributed by atoms with Crippen molar-refractivity contribution in [2.45, 2.75) is 32.2 Å². The van der Waals surface area contributed by atoms with E-state index in [0.29, 0.717) is 31.6 Å². The number of benzene rings is 2. The summed E-state index contributed by atoms with van der Waals surface area (Å²) >= 11 is 0. The molecule has 0 saturated carbocycles. The van der Waals surface area contributed by atoms with E-state index in [4.69, 9.17) is 0 Å². The maximum Gasteiger partial charge on any atom is 0.251 e. The number of anilines is 1. The van der Waals surface area contributed by atoms with Gasteiger partial charge in [0.05, 0.1) is 0 Å². The van der Waals surface area contributed by atoms with E-state index in [1.807, 2.05) is 49.4 Å². The molecule has 148 valence electrons. The highest BCUT2D eigenvalue weighted by Crippen LogP contribution is 2.38. The monoisotopic (exact) mass is 388 g/mol. The first-order valence-electron chi connectivity index (χ1n) is 10.1. The van der Waals surface area contributed by atoms with Gasteiger partial charge < -0.3 is 10.2 Å². The van der Waals surface area contributed by atoms with Crippen LogP contribution in [0.5, 0.6) is 0 Å². The summed E-state index contributed by atoms with van der Waals surface area (Å²) in [5.41, 5.74) is 4.45. The molecule has 2 aromatic carbocycles. The van der Waals surface area contributed by atoms with Crippen LogP contribution in [0.4, 0.5) is 5.69 Å². The Kier molecular flexibility index (Phi) is 5.22. The Morgan fingerprint density at radius 2 is 2.00 bits per heavy atom. The van der Waals surface area contributed by atoms with Gasteiger partial charge in [-0.3, -0.25) is 14.5 Å². The lowest BCUT2D eigenvalue weighted by Crippen LogP contribution is -2.43. The van der Waals surface area contributed by atoms with Gasteiger partial charge in [-0.1, -0.05) is 30.3 Å². The molecule has 4 rings (SSSR count). The third kappa shape index (κ3) is 3.44. The number of rotatable bonds is 4. The number of hydrogen-bond acceptors (Lipinski definition) is 4. The molecule has 1 atom stereocenters. The van der Waals surface area contributed by atoms with Crippen LogP contribution in [0.1, 0.15) is 35.7 Å². The number of hydrogen-bond donors (Lipinski definition) is 1. The molecule has 29 heavy (non-hydrogen) atoms. The van der Waals surface area contributed by atoms with Crippen molar-refractivity contribution in [3.05, 3.63) is 53.6 Å². The molecule has 0 aliphatic carbocycles. The molecule has 6 heteroatoms. The van der Waals surface area contributed by atoms with Gasteiger partial charge in [-0.05, 0) is 55.0 Å². The lowest BCUT2D eigenvalue weighted by Gasteiger charge is -2.25.